The molecule has 0 spiro atoms. The lowest BCUT2D eigenvalue weighted by atomic mass is 9.92. The van der Waals surface area contributed by atoms with Crippen LogP contribution < -0.4 is 11.5 Å². The van der Waals surface area contributed by atoms with Crippen LogP contribution in [0.15, 0.2) is 18.2 Å². The molecule has 2 rings (SSSR count). The number of primary amides is 1. The lowest BCUT2D eigenvalue weighted by Gasteiger charge is -2.37. The van der Waals surface area contributed by atoms with Crippen molar-refractivity contribution in [3.63, 3.8) is 0 Å². The third-order valence-corrected chi connectivity index (χ3v) is 3.71. The highest BCUT2D eigenvalue weighted by atomic mass is 19.1. The molecular weight excluding hydrogens is 261 g/mol. The number of hydrogen-bond acceptors (Lipinski definition) is 3. The zero-order valence-electron chi connectivity index (χ0n) is 11.3. The number of anilines is 1. The molecule has 1 aliphatic rings. The third-order valence-electron chi connectivity index (χ3n) is 3.71. The number of nitrogens with two attached hydrogens (primary N) is 2. The molecule has 20 heavy (non-hydrogen) atoms. The van der Waals surface area contributed by atoms with Crippen molar-refractivity contribution in [3.05, 3.63) is 29.6 Å². The summed E-state index contributed by atoms with van der Waals surface area (Å²) in [6, 6.07) is 3.73. The Morgan fingerprint density at radius 2 is 2.00 bits per heavy atom. The zero-order chi connectivity index (χ0) is 14.9. The van der Waals surface area contributed by atoms with Gasteiger partial charge in [-0.2, -0.15) is 0 Å². The summed E-state index contributed by atoms with van der Waals surface area (Å²) in [5.41, 5.74) is 11.2. The summed E-state index contributed by atoms with van der Waals surface area (Å²) in [7, 11) is 0. The van der Waals surface area contributed by atoms with Crippen molar-refractivity contribution < 1.29 is 14.0 Å². The molecule has 5 nitrogen and oxygen atoms in total. The summed E-state index contributed by atoms with van der Waals surface area (Å²) in [6.07, 6.45) is 1.37. The molecule has 0 radical (unpaired) electrons. The van der Waals surface area contributed by atoms with Gasteiger partial charge < -0.3 is 16.4 Å². The summed E-state index contributed by atoms with van der Waals surface area (Å²) in [5, 5.41) is 0. The van der Waals surface area contributed by atoms with Crippen molar-refractivity contribution in [3.8, 4) is 0 Å². The summed E-state index contributed by atoms with van der Waals surface area (Å²) in [6.45, 7) is 2.17. The molecule has 1 aromatic rings. The number of benzene rings is 1. The molecular formula is C14H18FN3O2. The zero-order valence-corrected chi connectivity index (χ0v) is 11.3. The number of nitrogens with zero attached hydrogens (tertiary/aromatic N) is 1. The molecule has 1 heterocycles. The molecule has 2 amide bonds. The molecule has 0 aromatic heterocycles. The normalized spacial score (nSPS) is 22.6. The van der Waals surface area contributed by atoms with Crippen LogP contribution in [0.1, 0.15) is 30.1 Å². The number of likely N-dealkylation sites (tertiary alicyclic amines) is 1. The highest BCUT2D eigenvalue weighted by Crippen LogP contribution is 2.24. The first kappa shape index (κ1) is 14.3. The highest BCUT2D eigenvalue weighted by molar-refractivity contribution is 5.95. The van der Waals surface area contributed by atoms with E-state index in [1.807, 2.05) is 6.92 Å². The molecule has 0 saturated carbocycles. The van der Waals surface area contributed by atoms with Crippen molar-refractivity contribution in [2.24, 2.45) is 11.7 Å². The van der Waals surface area contributed by atoms with Crippen LogP contribution in [0.4, 0.5) is 10.1 Å². The smallest absolute Gasteiger partial charge is 0.254 e. The fourth-order valence-electron chi connectivity index (χ4n) is 2.52. The van der Waals surface area contributed by atoms with Crippen molar-refractivity contribution in [1.29, 1.82) is 0 Å². The first-order valence-corrected chi connectivity index (χ1v) is 6.55. The topological polar surface area (TPSA) is 89.4 Å². The number of carbonyl (C=O) groups is 2. The van der Waals surface area contributed by atoms with Gasteiger partial charge in [0.25, 0.3) is 5.91 Å². The Balaban J connectivity index is 2.24. The predicted octanol–water partition coefficient (Wildman–Crippen LogP) is 1.13. The molecule has 0 bridgehead atoms. The molecule has 4 N–H and O–H groups in total. The standard InChI is InChI=1S/C14H18FN3O2/c1-8-2-3-9(13(17)19)7-18(8)14(20)10-4-11(15)6-12(16)5-10/h4-6,8-9H,2-3,7,16H2,1H3,(H2,17,19). The quantitative estimate of drug-likeness (QED) is 0.795. The summed E-state index contributed by atoms with van der Waals surface area (Å²) in [5.74, 6) is -1.63. The Morgan fingerprint density at radius 3 is 2.60 bits per heavy atom. The van der Waals surface area contributed by atoms with Crippen molar-refractivity contribution in [2.45, 2.75) is 25.8 Å². The average molecular weight is 279 g/mol. The summed E-state index contributed by atoms with van der Waals surface area (Å²) >= 11 is 0. The first-order chi connectivity index (χ1) is 9.38. The Morgan fingerprint density at radius 1 is 1.30 bits per heavy atom. The minimum Gasteiger partial charge on any atom is -0.399 e. The van der Waals surface area contributed by atoms with Crippen LogP contribution in [0.25, 0.3) is 0 Å². The third kappa shape index (κ3) is 2.89. The van der Waals surface area contributed by atoms with Gasteiger partial charge in [-0.05, 0) is 38.0 Å². The van der Waals surface area contributed by atoms with E-state index < -0.39 is 11.7 Å². The largest absolute Gasteiger partial charge is 0.399 e. The lowest BCUT2D eigenvalue weighted by molar-refractivity contribution is -0.123. The second kappa shape index (κ2) is 5.48. The van der Waals surface area contributed by atoms with Crippen molar-refractivity contribution in [1.82, 2.24) is 4.90 Å². The van der Waals surface area contributed by atoms with E-state index in [-0.39, 0.29) is 35.7 Å². The highest BCUT2D eigenvalue weighted by Gasteiger charge is 2.32. The van der Waals surface area contributed by atoms with Gasteiger partial charge >= 0.3 is 0 Å². The Hall–Kier alpha value is -2.11. The van der Waals surface area contributed by atoms with Gasteiger partial charge in [-0.15, -0.1) is 0 Å². The maximum atomic E-state index is 13.3. The van der Waals surface area contributed by atoms with E-state index in [9.17, 15) is 14.0 Å². The predicted molar refractivity (Wildman–Crippen MR) is 73.2 cm³/mol. The Bertz CT molecular complexity index is 527. The van der Waals surface area contributed by atoms with Crippen LogP contribution >= 0.6 is 0 Å². The van der Waals surface area contributed by atoms with Gasteiger partial charge in [0.1, 0.15) is 5.82 Å². The van der Waals surface area contributed by atoms with E-state index in [0.29, 0.717) is 12.8 Å². The van der Waals surface area contributed by atoms with Gasteiger partial charge in [-0.1, -0.05) is 0 Å². The van der Waals surface area contributed by atoms with Crippen LogP contribution in [0.3, 0.4) is 0 Å². The average Bonchev–Trinajstić information content (AvgIpc) is 2.37. The molecule has 6 heteroatoms. The van der Waals surface area contributed by atoms with E-state index in [1.165, 1.54) is 6.07 Å². The maximum absolute atomic E-state index is 13.3. The van der Waals surface area contributed by atoms with Gasteiger partial charge in [-0.25, -0.2) is 4.39 Å². The molecule has 1 aromatic carbocycles. The monoisotopic (exact) mass is 279 g/mol. The molecule has 1 saturated heterocycles. The van der Waals surface area contributed by atoms with Gasteiger partial charge in [0.2, 0.25) is 5.91 Å². The van der Waals surface area contributed by atoms with Crippen LogP contribution in [-0.2, 0) is 4.79 Å². The fraction of sp³-hybridized carbons (Fsp3) is 0.429. The summed E-state index contributed by atoms with van der Waals surface area (Å²) < 4.78 is 13.3. The van der Waals surface area contributed by atoms with E-state index in [1.54, 1.807) is 4.90 Å². The summed E-state index contributed by atoms with van der Waals surface area (Å²) in [4.78, 5) is 25.3. The fourth-order valence-corrected chi connectivity index (χ4v) is 2.52. The molecule has 1 aliphatic heterocycles. The molecule has 108 valence electrons. The first-order valence-electron chi connectivity index (χ1n) is 6.55. The number of carbonyl (C=O) groups excluding carboxylic acids is 2. The number of nitrogen functional groups attached to an aromatic ring is 1. The van der Waals surface area contributed by atoms with Gasteiger partial charge in [0.15, 0.2) is 0 Å². The number of piperidine rings is 1. The van der Waals surface area contributed by atoms with E-state index >= 15 is 0 Å². The van der Waals surface area contributed by atoms with Crippen LogP contribution in [0.2, 0.25) is 0 Å². The number of hydrogen-bond donors (Lipinski definition) is 2. The molecule has 1 fully saturated rings. The van der Waals surface area contributed by atoms with Crippen LogP contribution in [0.5, 0.6) is 0 Å². The number of halogens is 1. The molecule has 0 aliphatic carbocycles. The van der Waals surface area contributed by atoms with Crippen LogP contribution in [-0.4, -0.2) is 29.3 Å². The number of rotatable bonds is 2. The lowest BCUT2D eigenvalue weighted by Crippen LogP contribution is -2.48. The van der Waals surface area contributed by atoms with E-state index in [2.05, 4.69) is 0 Å². The molecule has 2 unspecified atom stereocenters. The second-order valence-corrected chi connectivity index (χ2v) is 5.26. The molecule has 2 atom stereocenters. The number of amides is 2. The minimum absolute atomic E-state index is 0.0115. The second-order valence-electron chi connectivity index (χ2n) is 5.26. The van der Waals surface area contributed by atoms with Gasteiger partial charge in [-0.3, -0.25) is 9.59 Å². The SMILES string of the molecule is CC1CCC(C(N)=O)CN1C(=O)c1cc(N)cc(F)c1. The Labute approximate surface area is 116 Å². The maximum Gasteiger partial charge on any atom is 0.254 e. The van der Waals surface area contributed by atoms with Gasteiger partial charge in [0, 0.05) is 23.8 Å². The Kier molecular flexibility index (Phi) is 3.92. The van der Waals surface area contributed by atoms with Crippen molar-refractivity contribution >= 4 is 17.5 Å². The van der Waals surface area contributed by atoms with Crippen molar-refractivity contribution in [2.75, 3.05) is 12.3 Å². The van der Waals surface area contributed by atoms with Gasteiger partial charge in [0.05, 0.1) is 5.92 Å². The van der Waals surface area contributed by atoms with Crippen LogP contribution in [0, 0.1) is 11.7 Å². The van der Waals surface area contributed by atoms with E-state index in [0.717, 1.165) is 12.1 Å². The van der Waals surface area contributed by atoms with E-state index in [4.69, 9.17) is 11.5 Å². The minimum atomic E-state index is -0.551.